The molecule has 2 fully saturated rings. The zero-order valence-electron chi connectivity index (χ0n) is 28.9. The third kappa shape index (κ3) is 5.01. The zero-order chi connectivity index (χ0) is 34.5. The molecule has 2 nitrogen and oxygen atoms in total. The fraction of sp³-hybridized carbons (Fsp3) is 0.208. The lowest BCUT2D eigenvalue weighted by Crippen LogP contribution is -2.11. The summed E-state index contributed by atoms with van der Waals surface area (Å²) in [4.78, 5) is 4.87. The van der Waals surface area contributed by atoms with Crippen molar-refractivity contribution < 1.29 is 0 Å². The van der Waals surface area contributed by atoms with Crippen molar-refractivity contribution in [1.82, 2.24) is 0 Å². The summed E-state index contributed by atoms with van der Waals surface area (Å²) in [5.74, 6) is 2.96. The van der Waals surface area contributed by atoms with Gasteiger partial charge in [0.2, 0.25) is 0 Å². The Morgan fingerprint density at radius 2 is 0.692 bits per heavy atom. The van der Waals surface area contributed by atoms with Gasteiger partial charge in [-0.25, -0.2) is 0 Å². The van der Waals surface area contributed by atoms with Crippen molar-refractivity contribution in [2.45, 2.75) is 62.2 Å². The summed E-state index contributed by atoms with van der Waals surface area (Å²) in [6.45, 7) is 0. The molecule has 0 heterocycles. The summed E-state index contributed by atoms with van der Waals surface area (Å²) in [6.07, 6.45) is 8.03. The van der Waals surface area contributed by atoms with Crippen LogP contribution in [0.1, 0.15) is 84.5 Å². The van der Waals surface area contributed by atoms with E-state index in [0.717, 1.165) is 32.6 Å². The van der Waals surface area contributed by atoms with Crippen LogP contribution in [0.2, 0.25) is 0 Å². The van der Waals surface area contributed by atoms with Gasteiger partial charge in [-0.15, -0.1) is 0 Å². The number of halogens is 2. The van der Waals surface area contributed by atoms with Crippen molar-refractivity contribution in [3.8, 4) is 0 Å². The molecule has 4 aliphatic rings. The molecule has 0 aliphatic heterocycles. The van der Waals surface area contributed by atoms with Crippen LogP contribution in [0.15, 0.2) is 142 Å². The van der Waals surface area contributed by atoms with Crippen LogP contribution < -0.4 is 9.80 Å². The van der Waals surface area contributed by atoms with Crippen LogP contribution in [0.25, 0.3) is 21.5 Å². The van der Waals surface area contributed by atoms with E-state index in [2.05, 4.69) is 175 Å². The summed E-state index contributed by atoms with van der Waals surface area (Å²) < 4.78 is 2.18. The number of benzene rings is 7. The van der Waals surface area contributed by atoms with Crippen LogP contribution in [-0.2, 0) is 0 Å². The normalized spacial score (nSPS) is 20.8. The molecule has 4 aliphatic carbocycles. The Morgan fingerprint density at radius 1 is 0.346 bits per heavy atom. The van der Waals surface area contributed by atoms with Gasteiger partial charge in [0.05, 0.1) is 0 Å². The van der Waals surface area contributed by atoms with Gasteiger partial charge in [-0.05, 0) is 203 Å². The number of hydrogen-bond acceptors (Lipinski definition) is 2. The lowest BCUT2D eigenvalue weighted by molar-refractivity contribution is 0.717. The summed E-state index contributed by atoms with van der Waals surface area (Å²) >= 11 is 7.33. The van der Waals surface area contributed by atoms with Gasteiger partial charge >= 0.3 is 0 Å². The first kappa shape index (κ1) is 31.2. The van der Waals surface area contributed by atoms with Gasteiger partial charge in [0.25, 0.3) is 0 Å². The molecule has 0 spiro atoms. The summed E-state index contributed by atoms with van der Waals surface area (Å²) in [6, 6.07) is 50.6. The quantitative estimate of drug-likeness (QED) is 0.155. The van der Waals surface area contributed by atoms with Gasteiger partial charge in [0.15, 0.2) is 0 Å². The van der Waals surface area contributed by atoms with E-state index in [1.807, 2.05) is 0 Å². The van der Waals surface area contributed by atoms with Gasteiger partial charge in [-0.3, -0.25) is 0 Å². The van der Waals surface area contributed by atoms with E-state index in [0.29, 0.717) is 0 Å². The van der Waals surface area contributed by atoms with Crippen molar-refractivity contribution >= 4 is 87.5 Å². The minimum Gasteiger partial charge on any atom is -0.310 e. The van der Waals surface area contributed by atoms with Crippen LogP contribution >= 0.6 is 31.9 Å². The SMILES string of the molecule is Brc1ccc(N(c2ccc3c(c2)C2CCC3C2)c2ccc3c(ccc4cc(N(c5ccc(Br)cc5)c5ccc6c(c5)C5CCC6C5)ccc43)c2)cc1. The van der Waals surface area contributed by atoms with Crippen molar-refractivity contribution in [2.24, 2.45) is 0 Å². The number of nitrogens with zero attached hydrogens (tertiary/aromatic N) is 2. The Morgan fingerprint density at radius 3 is 1.12 bits per heavy atom. The van der Waals surface area contributed by atoms with Crippen LogP contribution in [0, 0.1) is 0 Å². The molecule has 7 aromatic rings. The molecule has 2 saturated carbocycles. The number of hydrogen-bond donors (Lipinski definition) is 0. The Labute approximate surface area is 322 Å². The second-order valence-corrected chi connectivity index (χ2v) is 17.4. The standard InChI is InChI=1S/C48H38Br2N2/c49-35-7-11-37(12-8-35)51(41-17-21-45-29-1-3-31(23-29)47(45)27-41)39-15-19-43-33(25-39)5-6-34-26-40(16-20-44(34)43)52(38-13-9-36(50)10-14-38)42-18-22-46-30-2-4-32(24-30)48(46)28-42/h5-22,25-32H,1-4,23-24H2. The maximum Gasteiger partial charge on any atom is 0.0468 e. The van der Waals surface area contributed by atoms with Crippen LogP contribution in [0.4, 0.5) is 34.1 Å². The minimum absolute atomic E-state index is 0.720. The lowest BCUT2D eigenvalue weighted by atomic mass is 9.91. The van der Waals surface area contributed by atoms with Gasteiger partial charge < -0.3 is 9.80 Å². The van der Waals surface area contributed by atoms with Crippen molar-refractivity contribution in [2.75, 3.05) is 9.80 Å². The highest BCUT2D eigenvalue weighted by Gasteiger charge is 2.38. The Kier molecular flexibility index (Phi) is 7.24. The van der Waals surface area contributed by atoms with E-state index in [-0.39, 0.29) is 0 Å². The first-order chi connectivity index (χ1) is 25.5. The fourth-order valence-electron chi connectivity index (χ4n) is 10.3. The summed E-state index contributed by atoms with van der Waals surface area (Å²) in [5, 5.41) is 5.05. The topological polar surface area (TPSA) is 6.48 Å². The third-order valence-corrected chi connectivity index (χ3v) is 13.8. The van der Waals surface area contributed by atoms with Crippen molar-refractivity contribution in [1.29, 1.82) is 0 Å². The molecule has 0 radical (unpaired) electrons. The molecular weight excluding hydrogens is 764 g/mol. The molecule has 0 N–H and O–H groups in total. The predicted octanol–water partition coefficient (Wildman–Crippen LogP) is 15.2. The highest BCUT2D eigenvalue weighted by atomic mass is 79.9. The van der Waals surface area contributed by atoms with E-state index in [4.69, 9.17) is 0 Å². The first-order valence-electron chi connectivity index (χ1n) is 18.9. The molecular formula is C48H38Br2N2. The Hall–Kier alpha value is -4.38. The second-order valence-electron chi connectivity index (χ2n) is 15.5. The summed E-state index contributed by atoms with van der Waals surface area (Å²) in [7, 11) is 0. The zero-order valence-corrected chi connectivity index (χ0v) is 32.1. The highest BCUT2D eigenvalue weighted by Crippen LogP contribution is 2.55. The van der Waals surface area contributed by atoms with Crippen LogP contribution in [0.5, 0.6) is 0 Å². The molecule has 0 amide bonds. The number of anilines is 6. The van der Waals surface area contributed by atoms with Crippen LogP contribution in [-0.4, -0.2) is 0 Å². The minimum atomic E-state index is 0.720. The van der Waals surface area contributed by atoms with E-state index >= 15 is 0 Å². The fourth-order valence-corrected chi connectivity index (χ4v) is 10.9. The lowest BCUT2D eigenvalue weighted by Gasteiger charge is -2.28. The van der Waals surface area contributed by atoms with Gasteiger partial charge in [-0.2, -0.15) is 0 Å². The smallest absolute Gasteiger partial charge is 0.0468 e. The molecule has 4 atom stereocenters. The highest BCUT2D eigenvalue weighted by molar-refractivity contribution is 9.10. The van der Waals surface area contributed by atoms with Crippen molar-refractivity contribution in [3.63, 3.8) is 0 Å². The van der Waals surface area contributed by atoms with Crippen LogP contribution in [0.3, 0.4) is 0 Å². The average molecular weight is 803 g/mol. The van der Waals surface area contributed by atoms with Gasteiger partial charge in [0, 0.05) is 43.1 Å². The van der Waals surface area contributed by atoms with E-state index in [9.17, 15) is 0 Å². The second kappa shape index (κ2) is 12.1. The average Bonchev–Trinajstić information content (AvgIpc) is 4.00. The van der Waals surface area contributed by atoms with Crippen molar-refractivity contribution in [3.05, 3.63) is 165 Å². The Bertz CT molecular complexity index is 2360. The summed E-state index contributed by atoms with van der Waals surface area (Å²) in [5.41, 5.74) is 13.5. The maximum absolute atomic E-state index is 3.66. The molecule has 7 aromatic carbocycles. The molecule has 0 aromatic heterocycles. The maximum atomic E-state index is 3.66. The predicted molar refractivity (Wildman–Crippen MR) is 225 cm³/mol. The molecule has 4 unspecified atom stereocenters. The molecule has 52 heavy (non-hydrogen) atoms. The van der Waals surface area contributed by atoms with Gasteiger partial charge in [-0.1, -0.05) is 68.3 Å². The monoisotopic (exact) mass is 800 g/mol. The molecule has 11 rings (SSSR count). The van der Waals surface area contributed by atoms with E-state index in [1.54, 1.807) is 22.3 Å². The molecule has 4 bridgehead atoms. The molecule has 0 saturated heterocycles. The van der Waals surface area contributed by atoms with E-state index < -0.39 is 0 Å². The number of fused-ring (bicyclic) bond motifs is 13. The molecule has 254 valence electrons. The number of rotatable bonds is 6. The largest absolute Gasteiger partial charge is 0.310 e. The first-order valence-corrected chi connectivity index (χ1v) is 20.5. The Balaban J connectivity index is 1.00. The van der Waals surface area contributed by atoms with Gasteiger partial charge in [0.1, 0.15) is 0 Å². The van der Waals surface area contributed by atoms with E-state index in [1.165, 1.54) is 94.2 Å². The molecule has 4 heteroatoms. The third-order valence-electron chi connectivity index (χ3n) is 12.8.